The molecule has 0 aliphatic rings. The maximum Gasteiger partial charge on any atom is 0.166 e. The van der Waals surface area contributed by atoms with Gasteiger partial charge in [-0.25, -0.2) is 29.9 Å². The monoisotopic (exact) mass is 1170 g/mol. The van der Waals surface area contributed by atoms with Crippen LogP contribution in [0, 0.1) is 0 Å². The molecule has 0 unspecified atom stereocenters. The Balaban J connectivity index is 1.08. The molecule has 0 saturated heterocycles. The average molecular weight is 1170 g/mol. The number of aromatic nitrogens is 8. The summed E-state index contributed by atoms with van der Waals surface area (Å²) < 4.78 is 4.84. The topological polar surface area (TPSA) is 87.2 Å². The molecular weight excluding hydrogens is 1100 g/mol. The first-order chi connectivity index (χ1) is 43.1. The van der Waals surface area contributed by atoms with Crippen LogP contribution in [-0.4, -0.2) is 39.0 Å². The van der Waals surface area contributed by atoms with Gasteiger partial charge in [0.1, 0.15) is 0 Å². The first-order valence-corrected chi connectivity index (χ1v) is 31.3. The summed E-state index contributed by atoms with van der Waals surface area (Å²) in [6, 6.07) is 82.5. The van der Waals surface area contributed by atoms with Crippen LogP contribution in [0.25, 0.3) is 134 Å². The van der Waals surface area contributed by atoms with Crippen LogP contribution in [0.5, 0.6) is 0 Å². The van der Waals surface area contributed by atoms with Crippen molar-refractivity contribution in [3.8, 4) is 90.8 Å². The lowest BCUT2D eigenvalue weighted by Gasteiger charge is -2.20. The third-order valence-corrected chi connectivity index (χ3v) is 17.7. The van der Waals surface area contributed by atoms with Crippen LogP contribution in [-0.2, 0) is 21.7 Å². The van der Waals surface area contributed by atoms with Crippen LogP contribution >= 0.6 is 0 Å². The Bertz CT molecular complexity index is 4490. The second-order valence-electron chi connectivity index (χ2n) is 28.1. The smallest absolute Gasteiger partial charge is 0.166 e. The number of rotatable bonds is 9. The summed E-state index contributed by atoms with van der Waals surface area (Å²) in [4.78, 5) is 32.3. The van der Waals surface area contributed by atoms with Gasteiger partial charge in [0.05, 0.1) is 33.4 Å². The van der Waals surface area contributed by atoms with Gasteiger partial charge in [-0.05, 0) is 128 Å². The van der Waals surface area contributed by atoms with E-state index < -0.39 is 0 Å². The zero-order chi connectivity index (χ0) is 62.4. The highest BCUT2D eigenvalue weighted by molar-refractivity contribution is 6.12. The first kappa shape index (κ1) is 57.6. The van der Waals surface area contributed by atoms with E-state index in [2.05, 4.69) is 250 Å². The molecule has 14 aromatic rings. The van der Waals surface area contributed by atoms with Gasteiger partial charge in [-0.2, -0.15) is 0 Å². The second-order valence-corrected chi connectivity index (χ2v) is 28.1. The van der Waals surface area contributed by atoms with E-state index in [1.165, 1.54) is 43.8 Å². The van der Waals surface area contributed by atoms with Crippen molar-refractivity contribution >= 4 is 43.6 Å². The Labute approximate surface area is 528 Å². The minimum atomic E-state index is -0.0708. The van der Waals surface area contributed by atoms with E-state index in [4.69, 9.17) is 29.9 Å². The van der Waals surface area contributed by atoms with Crippen molar-refractivity contribution in [1.82, 2.24) is 39.0 Å². The molecule has 442 valence electrons. The molecule has 14 rings (SSSR count). The van der Waals surface area contributed by atoms with Gasteiger partial charge in [0.2, 0.25) is 0 Å². The maximum absolute atomic E-state index is 5.48. The predicted octanol–water partition coefficient (Wildman–Crippen LogP) is 21.1. The van der Waals surface area contributed by atoms with Gasteiger partial charge >= 0.3 is 0 Å². The van der Waals surface area contributed by atoms with Crippen molar-refractivity contribution in [3.05, 3.63) is 253 Å². The summed E-state index contributed by atoms with van der Waals surface area (Å²) in [5, 5.41) is 4.78. The molecule has 0 atom stereocenters. The molecular formula is C82H74N8. The number of hydrogen-bond donors (Lipinski definition) is 0. The Morgan fingerprint density at radius 2 is 0.456 bits per heavy atom. The molecule has 0 aliphatic carbocycles. The summed E-state index contributed by atoms with van der Waals surface area (Å²) in [7, 11) is 0. The normalized spacial score (nSPS) is 12.4. The predicted molar refractivity (Wildman–Crippen MR) is 375 cm³/mol. The molecule has 0 spiro atoms. The lowest BCUT2D eigenvalue weighted by atomic mass is 9.85. The molecule has 90 heavy (non-hydrogen) atoms. The molecule has 0 aliphatic heterocycles. The first-order valence-electron chi connectivity index (χ1n) is 31.3. The van der Waals surface area contributed by atoms with Crippen LogP contribution in [0.3, 0.4) is 0 Å². The molecule has 8 heteroatoms. The Morgan fingerprint density at radius 3 is 0.689 bits per heavy atom. The standard InChI is InChI=1S/C82H74N8/c1-79(2,3)57-35-41-67-61(47-57)62-48-58(80(4,5)6)36-42-68(62)89(67)71-39-33-55(45-65(71)77-85-73(51-25-17-13-18-26-51)83-74(86-77)52-27-19-14-20-28-52)56-34-40-72(66(46-56)78-87-75(53-29-21-15-22-30-53)84-76(88-78)54-31-23-16-24-32-54)90-69-43-37-59(81(7,8)9)49-63(69)64-50-60(82(10,11)12)38-44-70(64)90/h13-50H,1-12H3. The van der Waals surface area contributed by atoms with E-state index in [9.17, 15) is 0 Å². The molecule has 10 aromatic carbocycles. The van der Waals surface area contributed by atoms with Gasteiger partial charge in [0.15, 0.2) is 34.9 Å². The highest BCUT2D eigenvalue weighted by Crippen LogP contribution is 2.45. The lowest BCUT2D eigenvalue weighted by Crippen LogP contribution is -2.10. The SMILES string of the molecule is CC(C)(C)c1ccc2c(c1)c1cc(C(C)(C)C)ccc1n2-c1ccc(-c2ccc(-n3c4ccc(C(C)(C)C)cc4c4cc(C(C)(C)C)ccc43)c(-c3nc(-c4ccccc4)nc(-c4ccccc4)n3)c2)cc1-c1nc(-c2ccccc2)nc(-c2ccccc2)n1. The van der Waals surface area contributed by atoms with E-state index in [-0.39, 0.29) is 21.7 Å². The van der Waals surface area contributed by atoms with Gasteiger partial charge < -0.3 is 9.13 Å². The van der Waals surface area contributed by atoms with Crippen LogP contribution in [0.2, 0.25) is 0 Å². The van der Waals surface area contributed by atoms with Gasteiger partial charge in [-0.3, -0.25) is 0 Å². The quantitative estimate of drug-likeness (QED) is 0.143. The molecule has 4 heterocycles. The lowest BCUT2D eigenvalue weighted by molar-refractivity contribution is 0.590. The summed E-state index contributed by atoms with van der Waals surface area (Å²) >= 11 is 0. The Hall–Kier alpha value is -10.2. The Morgan fingerprint density at radius 1 is 0.222 bits per heavy atom. The highest BCUT2D eigenvalue weighted by atomic mass is 15.1. The van der Waals surface area contributed by atoms with E-state index in [1.54, 1.807) is 0 Å². The second kappa shape index (κ2) is 21.8. The molecule has 0 amide bonds. The molecule has 0 bridgehead atoms. The maximum atomic E-state index is 5.48. The summed E-state index contributed by atoms with van der Waals surface area (Å²) in [5.41, 5.74) is 18.3. The number of benzene rings is 10. The van der Waals surface area contributed by atoms with Gasteiger partial charge in [-0.1, -0.05) is 241 Å². The zero-order valence-electron chi connectivity index (χ0n) is 53.5. The zero-order valence-corrected chi connectivity index (χ0v) is 53.5. The number of nitrogens with zero attached hydrogens (tertiary/aromatic N) is 8. The third kappa shape index (κ3) is 10.6. The molecule has 0 saturated carbocycles. The largest absolute Gasteiger partial charge is 0.309 e. The summed E-state index contributed by atoms with van der Waals surface area (Å²) in [6.07, 6.45) is 0. The number of hydrogen-bond acceptors (Lipinski definition) is 6. The molecule has 4 aromatic heterocycles. The van der Waals surface area contributed by atoms with Crippen LogP contribution in [0.4, 0.5) is 0 Å². The fraction of sp³-hybridized carbons (Fsp3) is 0.195. The van der Waals surface area contributed by atoms with Crippen LogP contribution < -0.4 is 0 Å². The molecule has 0 N–H and O–H groups in total. The Kier molecular flexibility index (Phi) is 14.0. The summed E-state index contributed by atoms with van der Waals surface area (Å²) in [5.74, 6) is 3.45. The van der Waals surface area contributed by atoms with Crippen molar-refractivity contribution in [2.24, 2.45) is 0 Å². The fourth-order valence-corrected chi connectivity index (χ4v) is 12.5. The minimum Gasteiger partial charge on any atom is -0.309 e. The van der Waals surface area contributed by atoms with Gasteiger partial charge in [0.25, 0.3) is 0 Å². The van der Waals surface area contributed by atoms with Gasteiger partial charge in [-0.15, -0.1) is 0 Å². The number of fused-ring (bicyclic) bond motifs is 6. The molecule has 8 nitrogen and oxygen atoms in total. The van der Waals surface area contributed by atoms with Crippen LogP contribution in [0.1, 0.15) is 105 Å². The third-order valence-electron chi connectivity index (χ3n) is 17.7. The van der Waals surface area contributed by atoms with E-state index in [1.807, 2.05) is 72.8 Å². The van der Waals surface area contributed by atoms with E-state index in [0.29, 0.717) is 34.9 Å². The van der Waals surface area contributed by atoms with Crippen LogP contribution in [0.15, 0.2) is 231 Å². The molecule has 0 fully saturated rings. The van der Waals surface area contributed by atoms with Crippen molar-refractivity contribution < 1.29 is 0 Å². The highest BCUT2D eigenvalue weighted by Gasteiger charge is 2.28. The van der Waals surface area contributed by atoms with E-state index >= 15 is 0 Å². The minimum absolute atomic E-state index is 0.0708. The summed E-state index contributed by atoms with van der Waals surface area (Å²) in [6.45, 7) is 27.5. The van der Waals surface area contributed by atoms with E-state index in [0.717, 1.165) is 77.9 Å². The average Bonchev–Trinajstić information content (AvgIpc) is 1.57. The van der Waals surface area contributed by atoms with Crippen molar-refractivity contribution in [2.75, 3.05) is 0 Å². The van der Waals surface area contributed by atoms with Crippen molar-refractivity contribution in [3.63, 3.8) is 0 Å². The molecule has 0 radical (unpaired) electrons. The van der Waals surface area contributed by atoms with Crippen molar-refractivity contribution in [2.45, 2.75) is 105 Å². The van der Waals surface area contributed by atoms with Gasteiger partial charge in [0, 0.05) is 54.9 Å². The van der Waals surface area contributed by atoms with Crippen molar-refractivity contribution in [1.29, 1.82) is 0 Å². The fourth-order valence-electron chi connectivity index (χ4n) is 12.5.